The Hall–Kier alpha value is -1.75. The zero-order valence-corrected chi connectivity index (χ0v) is 13.0. The molecule has 0 radical (unpaired) electrons. The van der Waals surface area contributed by atoms with Gasteiger partial charge in [-0.25, -0.2) is 0 Å². The van der Waals surface area contributed by atoms with Crippen LogP contribution in [0.15, 0.2) is 9.59 Å². The molecule has 2 aromatic rings. The largest absolute Gasteiger partial charge is 0.394 e. The molecule has 4 N–H and O–H groups in total. The number of nitrogen functional groups attached to an aromatic ring is 1. The summed E-state index contributed by atoms with van der Waals surface area (Å²) in [5, 5.41) is 9.33. The lowest BCUT2D eigenvalue weighted by Crippen LogP contribution is -2.36. The first kappa shape index (κ1) is 15.2. The van der Waals surface area contributed by atoms with E-state index in [2.05, 4.69) is 9.97 Å². The van der Waals surface area contributed by atoms with Crippen molar-refractivity contribution >= 4 is 27.6 Å². The number of H-pyrrole nitrogens is 1. The van der Waals surface area contributed by atoms with Crippen LogP contribution in [0.2, 0.25) is 0 Å². The minimum atomic E-state index is -0.623. The summed E-state index contributed by atoms with van der Waals surface area (Å²) < 4.78 is 7.35. The Balaban J connectivity index is 2.19. The number of anilines is 1. The zero-order valence-electron chi connectivity index (χ0n) is 12.1. The van der Waals surface area contributed by atoms with Crippen LogP contribution < -0.4 is 16.2 Å². The third kappa shape index (κ3) is 2.33. The second-order valence-corrected chi connectivity index (χ2v) is 6.40. The molecule has 2 aromatic heterocycles. The molecular formula is C12H17N5O4S. The van der Waals surface area contributed by atoms with Crippen LogP contribution in [0.5, 0.6) is 0 Å². The maximum absolute atomic E-state index is 12.3. The summed E-state index contributed by atoms with van der Waals surface area (Å²) in [6.07, 6.45) is -0.405. The van der Waals surface area contributed by atoms with Crippen LogP contribution in [0, 0.1) is 0 Å². The molecule has 0 bridgehead atoms. The van der Waals surface area contributed by atoms with E-state index in [-0.39, 0.29) is 39.9 Å². The molecule has 3 unspecified atom stereocenters. The number of aliphatic hydroxyl groups excluding tert-OH is 1. The van der Waals surface area contributed by atoms with Gasteiger partial charge in [-0.2, -0.15) is 4.98 Å². The molecule has 1 aliphatic heterocycles. The first-order valence-corrected chi connectivity index (χ1v) is 7.57. The van der Waals surface area contributed by atoms with E-state index in [1.54, 1.807) is 0 Å². The average Bonchev–Trinajstić information content (AvgIpc) is 2.99. The van der Waals surface area contributed by atoms with Crippen molar-refractivity contribution in [2.45, 2.75) is 24.8 Å². The van der Waals surface area contributed by atoms with E-state index in [4.69, 9.17) is 10.5 Å². The van der Waals surface area contributed by atoms with Gasteiger partial charge in [-0.1, -0.05) is 11.3 Å². The van der Waals surface area contributed by atoms with Gasteiger partial charge in [0.15, 0.2) is 11.9 Å². The second kappa shape index (κ2) is 5.47. The molecule has 10 heteroatoms. The van der Waals surface area contributed by atoms with Gasteiger partial charge in [0.05, 0.1) is 18.8 Å². The number of aromatic amines is 1. The number of thiazole rings is 1. The molecule has 0 aromatic carbocycles. The van der Waals surface area contributed by atoms with Crippen LogP contribution in [0.4, 0.5) is 5.95 Å². The highest BCUT2D eigenvalue weighted by atomic mass is 32.1. The molecule has 0 aliphatic carbocycles. The summed E-state index contributed by atoms with van der Waals surface area (Å²) in [7, 11) is 3.74. The van der Waals surface area contributed by atoms with Gasteiger partial charge >= 0.3 is 4.87 Å². The molecule has 0 amide bonds. The van der Waals surface area contributed by atoms with Gasteiger partial charge < -0.3 is 20.5 Å². The van der Waals surface area contributed by atoms with Crippen molar-refractivity contribution < 1.29 is 9.84 Å². The monoisotopic (exact) mass is 327 g/mol. The van der Waals surface area contributed by atoms with Crippen molar-refractivity contribution in [3.8, 4) is 0 Å². The first-order chi connectivity index (χ1) is 10.4. The van der Waals surface area contributed by atoms with Crippen molar-refractivity contribution in [1.82, 2.24) is 19.4 Å². The molecule has 0 spiro atoms. The SMILES string of the molecule is CN(C)C1CC(CO)OC1n1c(=O)sc2c(=O)[nH]c(N)nc21. The maximum Gasteiger partial charge on any atom is 0.311 e. The molecule has 1 aliphatic rings. The number of likely N-dealkylation sites (N-methyl/N-ethyl adjacent to an activating group) is 1. The standard InChI is InChI=1S/C12H17N5O4S/c1-16(2)6-3-5(4-18)21-10(6)17-8-7(22-12(17)20)9(19)15-11(13)14-8/h5-6,10,18H,3-4H2,1-2H3,(H3,13,14,15,19). The van der Waals surface area contributed by atoms with Crippen LogP contribution >= 0.6 is 11.3 Å². The summed E-state index contributed by atoms with van der Waals surface area (Å²) in [4.78, 5) is 32.3. The first-order valence-electron chi connectivity index (χ1n) is 6.76. The molecule has 1 saturated heterocycles. The van der Waals surface area contributed by atoms with Crippen molar-refractivity contribution in [2.75, 3.05) is 26.4 Å². The molecule has 0 saturated carbocycles. The molecular weight excluding hydrogens is 310 g/mol. The van der Waals surface area contributed by atoms with Gasteiger partial charge in [0.25, 0.3) is 5.56 Å². The minimum absolute atomic E-state index is 0.0536. The van der Waals surface area contributed by atoms with E-state index >= 15 is 0 Å². The normalized spacial score (nSPS) is 25.4. The van der Waals surface area contributed by atoms with Crippen molar-refractivity contribution in [2.24, 2.45) is 0 Å². The minimum Gasteiger partial charge on any atom is -0.394 e. The number of nitrogens with zero attached hydrogens (tertiary/aromatic N) is 3. The molecule has 3 heterocycles. The molecule has 120 valence electrons. The third-order valence-electron chi connectivity index (χ3n) is 3.78. The van der Waals surface area contributed by atoms with Gasteiger partial charge in [0, 0.05) is 0 Å². The Morgan fingerprint density at radius 1 is 1.55 bits per heavy atom. The highest BCUT2D eigenvalue weighted by Crippen LogP contribution is 2.32. The number of fused-ring (bicyclic) bond motifs is 1. The van der Waals surface area contributed by atoms with E-state index in [0.717, 1.165) is 11.3 Å². The third-order valence-corrected chi connectivity index (χ3v) is 4.72. The fraction of sp³-hybridized carbons (Fsp3) is 0.583. The average molecular weight is 327 g/mol. The molecule has 22 heavy (non-hydrogen) atoms. The summed E-state index contributed by atoms with van der Waals surface area (Å²) in [6.45, 7) is -0.131. The number of rotatable bonds is 3. The van der Waals surface area contributed by atoms with Crippen molar-refractivity contribution in [3.05, 3.63) is 20.0 Å². The van der Waals surface area contributed by atoms with E-state index < -0.39 is 11.8 Å². The van der Waals surface area contributed by atoms with Crippen molar-refractivity contribution in [3.63, 3.8) is 0 Å². The van der Waals surface area contributed by atoms with E-state index in [0.29, 0.717) is 6.42 Å². The van der Waals surface area contributed by atoms with E-state index in [1.807, 2.05) is 19.0 Å². The Labute approximate surface area is 129 Å². The molecule has 9 nitrogen and oxygen atoms in total. The number of nitrogens with two attached hydrogens (primary N) is 1. The number of hydrogen-bond donors (Lipinski definition) is 3. The fourth-order valence-corrected chi connectivity index (χ4v) is 3.56. The lowest BCUT2D eigenvalue weighted by molar-refractivity contribution is -0.0355. The van der Waals surface area contributed by atoms with Gasteiger partial charge in [-0.05, 0) is 20.5 Å². The number of hydrogen-bond acceptors (Lipinski definition) is 8. The molecule has 3 rings (SSSR count). The van der Waals surface area contributed by atoms with Gasteiger partial charge in [-0.3, -0.25) is 19.1 Å². The number of aliphatic hydroxyl groups is 1. The Morgan fingerprint density at radius 2 is 2.27 bits per heavy atom. The fourth-order valence-electron chi connectivity index (χ4n) is 2.72. The van der Waals surface area contributed by atoms with Gasteiger partial charge in [-0.15, -0.1) is 0 Å². The Kier molecular flexibility index (Phi) is 3.77. The molecule has 3 atom stereocenters. The molecule has 1 fully saturated rings. The summed E-state index contributed by atoms with van der Waals surface area (Å²) in [6, 6.07) is -0.116. The zero-order chi connectivity index (χ0) is 16.0. The van der Waals surface area contributed by atoms with Gasteiger partial charge in [0.1, 0.15) is 4.70 Å². The second-order valence-electron chi connectivity index (χ2n) is 5.44. The lowest BCUT2D eigenvalue weighted by atomic mass is 10.1. The van der Waals surface area contributed by atoms with Crippen LogP contribution in [0.3, 0.4) is 0 Å². The number of aromatic nitrogens is 3. The van der Waals surface area contributed by atoms with E-state index in [9.17, 15) is 14.7 Å². The number of ether oxygens (including phenoxy) is 1. The Bertz CT molecular complexity index is 810. The topological polar surface area (TPSA) is 126 Å². The van der Waals surface area contributed by atoms with Crippen LogP contribution in [-0.2, 0) is 4.74 Å². The van der Waals surface area contributed by atoms with Crippen molar-refractivity contribution in [1.29, 1.82) is 0 Å². The highest BCUT2D eigenvalue weighted by molar-refractivity contribution is 7.16. The summed E-state index contributed by atoms with van der Waals surface area (Å²) in [5.41, 5.74) is 5.35. The Morgan fingerprint density at radius 3 is 2.91 bits per heavy atom. The van der Waals surface area contributed by atoms with Crippen LogP contribution in [0.25, 0.3) is 10.3 Å². The summed E-state index contributed by atoms with van der Waals surface area (Å²) >= 11 is 0.808. The van der Waals surface area contributed by atoms with Crippen LogP contribution in [0.1, 0.15) is 12.6 Å². The quantitative estimate of drug-likeness (QED) is 0.656. The predicted octanol–water partition coefficient (Wildman–Crippen LogP) is -1.06. The van der Waals surface area contributed by atoms with Gasteiger partial charge in [0.2, 0.25) is 5.95 Å². The maximum atomic E-state index is 12.3. The lowest BCUT2D eigenvalue weighted by Gasteiger charge is -2.25. The number of nitrogens with one attached hydrogen (secondary N) is 1. The predicted molar refractivity (Wildman–Crippen MR) is 82.0 cm³/mol. The highest BCUT2D eigenvalue weighted by Gasteiger charge is 2.39. The summed E-state index contributed by atoms with van der Waals surface area (Å²) in [5.74, 6) is -0.0536. The van der Waals surface area contributed by atoms with E-state index in [1.165, 1.54) is 4.57 Å². The van der Waals surface area contributed by atoms with Crippen LogP contribution in [-0.4, -0.2) is 57.4 Å². The smallest absolute Gasteiger partial charge is 0.311 e.